The smallest absolute Gasteiger partial charge is 0.333 e. The van der Waals surface area contributed by atoms with Gasteiger partial charge in [0.2, 0.25) is 0 Å². The second kappa shape index (κ2) is 4.45. The van der Waals surface area contributed by atoms with Crippen LogP contribution in [0.3, 0.4) is 0 Å². The van der Waals surface area contributed by atoms with E-state index in [1.807, 2.05) is 0 Å². The Morgan fingerprint density at radius 3 is 2.15 bits per heavy atom. The molecule has 0 fully saturated rings. The van der Waals surface area contributed by atoms with E-state index in [2.05, 4.69) is 13.2 Å². The zero-order valence-electron chi connectivity index (χ0n) is 7.70. The standard InChI is InChI=1S/C9H12O4/c1-5-8(11)13-9(4,6-2)12-7(3)10/h5-6H,1-2H2,3-4H3. The van der Waals surface area contributed by atoms with E-state index in [-0.39, 0.29) is 0 Å². The van der Waals surface area contributed by atoms with Gasteiger partial charge >= 0.3 is 11.9 Å². The number of esters is 2. The van der Waals surface area contributed by atoms with Gasteiger partial charge in [-0.1, -0.05) is 13.2 Å². The summed E-state index contributed by atoms with van der Waals surface area (Å²) in [4.78, 5) is 21.4. The molecule has 0 aliphatic rings. The molecule has 0 spiro atoms. The fourth-order valence-corrected chi connectivity index (χ4v) is 0.631. The van der Waals surface area contributed by atoms with Crippen LogP contribution in [0.15, 0.2) is 25.3 Å². The molecular formula is C9H12O4. The molecular weight excluding hydrogens is 172 g/mol. The van der Waals surface area contributed by atoms with Gasteiger partial charge in [-0.05, 0) is 6.08 Å². The highest BCUT2D eigenvalue weighted by Crippen LogP contribution is 2.14. The SMILES string of the molecule is C=CC(=O)OC(C)(C=C)OC(C)=O. The lowest BCUT2D eigenvalue weighted by Gasteiger charge is -2.24. The van der Waals surface area contributed by atoms with Crippen molar-refractivity contribution in [2.45, 2.75) is 19.6 Å². The summed E-state index contributed by atoms with van der Waals surface area (Å²) < 4.78 is 9.44. The van der Waals surface area contributed by atoms with E-state index in [0.717, 1.165) is 6.08 Å². The van der Waals surface area contributed by atoms with Crippen LogP contribution in [0.4, 0.5) is 0 Å². The summed E-state index contributed by atoms with van der Waals surface area (Å²) in [5.41, 5.74) is 0. The lowest BCUT2D eigenvalue weighted by molar-refractivity contribution is -0.201. The van der Waals surface area contributed by atoms with Gasteiger partial charge in [0.15, 0.2) is 0 Å². The third-order valence-corrected chi connectivity index (χ3v) is 1.19. The van der Waals surface area contributed by atoms with Gasteiger partial charge in [-0.15, -0.1) is 0 Å². The van der Waals surface area contributed by atoms with Crippen LogP contribution in [-0.4, -0.2) is 17.7 Å². The molecule has 72 valence electrons. The molecule has 0 N–H and O–H groups in total. The zero-order chi connectivity index (χ0) is 10.5. The van der Waals surface area contributed by atoms with Crippen molar-refractivity contribution in [3.05, 3.63) is 25.3 Å². The normalized spacial score (nSPS) is 13.7. The topological polar surface area (TPSA) is 52.6 Å². The highest BCUT2D eigenvalue weighted by molar-refractivity contribution is 5.81. The van der Waals surface area contributed by atoms with Gasteiger partial charge in [0.25, 0.3) is 5.79 Å². The van der Waals surface area contributed by atoms with Gasteiger partial charge in [-0.3, -0.25) is 4.79 Å². The molecule has 0 saturated heterocycles. The quantitative estimate of drug-likeness (QED) is 0.285. The van der Waals surface area contributed by atoms with E-state index in [1.165, 1.54) is 19.9 Å². The fourth-order valence-electron chi connectivity index (χ4n) is 0.631. The van der Waals surface area contributed by atoms with Crippen molar-refractivity contribution in [1.82, 2.24) is 0 Å². The van der Waals surface area contributed by atoms with Gasteiger partial charge in [-0.25, -0.2) is 4.79 Å². The van der Waals surface area contributed by atoms with E-state index >= 15 is 0 Å². The average molecular weight is 184 g/mol. The second-order valence-corrected chi connectivity index (χ2v) is 2.44. The average Bonchev–Trinajstić information content (AvgIpc) is 2.02. The summed E-state index contributed by atoms with van der Waals surface area (Å²) in [5.74, 6) is -2.65. The Balaban J connectivity index is 4.44. The Labute approximate surface area is 76.8 Å². The van der Waals surface area contributed by atoms with Crippen molar-refractivity contribution in [1.29, 1.82) is 0 Å². The summed E-state index contributed by atoms with van der Waals surface area (Å²) in [5, 5.41) is 0. The van der Waals surface area contributed by atoms with Gasteiger partial charge in [0.1, 0.15) is 0 Å². The maximum Gasteiger partial charge on any atom is 0.333 e. The van der Waals surface area contributed by atoms with Gasteiger partial charge in [0.05, 0.1) is 0 Å². The van der Waals surface area contributed by atoms with Crippen LogP contribution < -0.4 is 0 Å². The van der Waals surface area contributed by atoms with Crippen molar-refractivity contribution in [3.8, 4) is 0 Å². The number of rotatable bonds is 4. The number of hydrogen-bond donors (Lipinski definition) is 0. The molecule has 4 heteroatoms. The van der Waals surface area contributed by atoms with Crippen LogP contribution in [0.5, 0.6) is 0 Å². The van der Waals surface area contributed by atoms with Crippen LogP contribution >= 0.6 is 0 Å². The highest BCUT2D eigenvalue weighted by Gasteiger charge is 2.27. The molecule has 1 atom stereocenters. The summed E-state index contributed by atoms with van der Waals surface area (Å²) in [6, 6.07) is 0. The summed E-state index contributed by atoms with van der Waals surface area (Å²) in [6.07, 6.45) is 2.20. The van der Waals surface area contributed by atoms with Crippen molar-refractivity contribution in [2.24, 2.45) is 0 Å². The molecule has 0 aliphatic heterocycles. The highest BCUT2D eigenvalue weighted by atomic mass is 16.7. The van der Waals surface area contributed by atoms with Crippen LogP contribution in [0.2, 0.25) is 0 Å². The lowest BCUT2D eigenvalue weighted by atomic mass is 10.3. The predicted octanol–water partition coefficient (Wildman–Crippen LogP) is 1.18. The van der Waals surface area contributed by atoms with Crippen LogP contribution in [0, 0.1) is 0 Å². The Morgan fingerprint density at radius 2 is 1.85 bits per heavy atom. The Morgan fingerprint density at radius 1 is 1.31 bits per heavy atom. The van der Waals surface area contributed by atoms with E-state index in [0.29, 0.717) is 0 Å². The van der Waals surface area contributed by atoms with Crippen molar-refractivity contribution in [3.63, 3.8) is 0 Å². The number of ether oxygens (including phenoxy) is 2. The summed E-state index contributed by atoms with van der Waals surface area (Å²) >= 11 is 0. The minimum atomic E-state index is -1.42. The first-order valence-corrected chi connectivity index (χ1v) is 3.62. The predicted molar refractivity (Wildman–Crippen MR) is 46.7 cm³/mol. The minimum absolute atomic E-state index is 0.556. The molecule has 4 nitrogen and oxygen atoms in total. The second-order valence-electron chi connectivity index (χ2n) is 2.44. The third kappa shape index (κ3) is 4.10. The van der Waals surface area contributed by atoms with Crippen LogP contribution in [0.1, 0.15) is 13.8 Å². The number of hydrogen-bond acceptors (Lipinski definition) is 4. The van der Waals surface area contributed by atoms with Crippen molar-refractivity contribution >= 4 is 11.9 Å². The summed E-state index contributed by atoms with van der Waals surface area (Å²) in [6.45, 7) is 9.21. The Bertz CT molecular complexity index is 244. The summed E-state index contributed by atoms with van der Waals surface area (Å²) in [7, 11) is 0. The van der Waals surface area contributed by atoms with Crippen LogP contribution in [-0.2, 0) is 19.1 Å². The third-order valence-electron chi connectivity index (χ3n) is 1.19. The molecule has 0 amide bonds. The van der Waals surface area contributed by atoms with Gasteiger partial charge < -0.3 is 9.47 Å². The Hall–Kier alpha value is -1.58. The number of carbonyl (C=O) groups is 2. The molecule has 0 radical (unpaired) electrons. The zero-order valence-corrected chi connectivity index (χ0v) is 7.70. The van der Waals surface area contributed by atoms with Crippen molar-refractivity contribution in [2.75, 3.05) is 0 Å². The largest absolute Gasteiger partial charge is 0.419 e. The fraction of sp³-hybridized carbons (Fsp3) is 0.333. The molecule has 0 aromatic carbocycles. The minimum Gasteiger partial charge on any atom is -0.419 e. The molecule has 0 bridgehead atoms. The first kappa shape index (κ1) is 11.4. The van der Waals surface area contributed by atoms with E-state index in [9.17, 15) is 9.59 Å². The molecule has 0 aromatic rings. The molecule has 1 unspecified atom stereocenters. The molecule has 0 heterocycles. The Kier molecular flexibility index (Phi) is 3.91. The molecule has 13 heavy (non-hydrogen) atoms. The molecule has 0 aromatic heterocycles. The number of carbonyl (C=O) groups excluding carboxylic acids is 2. The molecule has 0 saturated carbocycles. The van der Waals surface area contributed by atoms with E-state index in [4.69, 9.17) is 9.47 Å². The molecule has 0 rings (SSSR count). The maximum absolute atomic E-state index is 10.8. The maximum atomic E-state index is 10.8. The monoisotopic (exact) mass is 184 g/mol. The molecule has 0 aliphatic carbocycles. The lowest BCUT2D eigenvalue weighted by Crippen LogP contribution is -2.33. The first-order valence-electron chi connectivity index (χ1n) is 3.62. The van der Waals surface area contributed by atoms with Crippen molar-refractivity contribution < 1.29 is 19.1 Å². The first-order chi connectivity index (χ1) is 5.93. The van der Waals surface area contributed by atoms with E-state index < -0.39 is 17.7 Å². The van der Waals surface area contributed by atoms with E-state index in [1.54, 1.807) is 0 Å². The van der Waals surface area contributed by atoms with Gasteiger partial charge in [-0.2, -0.15) is 0 Å². The van der Waals surface area contributed by atoms with Crippen LogP contribution in [0.25, 0.3) is 0 Å². The van der Waals surface area contributed by atoms with Gasteiger partial charge in [0, 0.05) is 19.9 Å².